The number of anilines is 2. The van der Waals surface area contributed by atoms with Crippen LogP contribution in [0.1, 0.15) is 18.9 Å². The van der Waals surface area contributed by atoms with E-state index in [1.165, 1.54) is 6.26 Å². The molecule has 1 aromatic carbocycles. The van der Waals surface area contributed by atoms with Gasteiger partial charge in [-0.1, -0.05) is 12.1 Å². The first-order chi connectivity index (χ1) is 17.9. The number of piperidine rings is 1. The Morgan fingerprint density at radius 3 is 2.65 bits per heavy atom. The normalized spacial score (nSPS) is 15.6. The first-order valence-corrected chi connectivity index (χ1v) is 14.0. The first-order valence-electron chi connectivity index (χ1n) is 12.1. The molecule has 1 saturated heterocycles. The Morgan fingerprint density at radius 1 is 1.14 bits per heavy atom. The number of nitrogens with one attached hydrogen (secondary N) is 1. The summed E-state index contributed by atoms with van der Waals surface area (Å²) >= 11 is 0. The molecule has 1 N–H and O–H groups in total. The Hall–Kier alpha value is -3.32. The Kier molecular flexibility index (Phi) is 7.24. The number of methoxy groups -OCH3 is 2. The monoisotopic (exact) mass is 525 g/mol. The van der Waals surface area contributed by atoms with Crippen LogP contribution >= 0.6 is 0 Å². The van der Waals surface area contributed by atoms with E-state index < -0.39 is 9.84 Å². The predicted molar refractivity (Wildman–Crippen MR) is 140 cm³/mol. The number of hydrogen-bond acceptors (Lipinski definition) is 9. The Labute approximate surface area is 216 Å². The van der Waals surface area contributed by atoms with E-state index in [2.05, 4.69) is 25.3 Å². The Balaban J connectivity index is 1.30. The van der Waals surface area contributed by atoms with E-state index >= 15 is 0 Å². The quantitative estimate of drug-likeness (QED) is 0.329. The molecule has 4 aromatic rings. The van der Waals surface area contributed by atoms with Crippen molar-refractivity contribution in [1.82, 2.24) is 29.0 Å². The summed E-state index contributed by atoms with van der Waals surface area (Å²) in [6.45, 7) is 2.66. The molecule has 1 fully saturated rings. The highest BCUT2D eigenvalue weighted by atomic mass is 32.2. The van der Waals surface area contributed by atoms with E-state index in [9.17, 15) is 8.42 Å². The van der Waals surface area contributed by atoms with Crippen LogP contribution in [-0.2, 0) is 19.3 Å². The van der Waals surface area contributed by atoms with Gasteiger partial charge in [0, 0.05) is 64.3 Å². The Bertz CT molecular complexity index is 1470. The van der Waals surface area contributed by atoms with E-state index in [0.29, 0.717) is 17.5 Å². The number of benzene rings is 1. The van der Waals surface area contributed by atoms with Gasteiger partial charge < -0.3 is 14.8 Å². The van der Waals surface area contributed by atoms with Gasteiger partial charge in [0.1, 0.15) is 0 Å². The van der Waals surface area contributed by atoms with Crippen LogP contribution in [0.15, 0.2) is 60.1 Å². The van der Waals surface area contributed by atoms with Crippen molar-refractivity contribution in [2.45, 2.75) is 30.1 Å². The zero-order valence-corrected chi connectivity index (χ0v) is 21.9. The van der Waals surface area contributed by atoms with E-state index in [-0.39, 0.29) is 11.2 Å². The molecule has 0 amide bonds. The van der Waals surface area contributed by atoms with Gasteiger partial charge in [-0.2, -0.15) is 5.10 Å². The van der Waals surface area contributed by atoms with E-state index in [1.54, 1.807) is 51.0 Å². The first kappa shape index (κ1) is 25.3. The van der Waals surface area contributed by atoms with Crippen molar-refractivity contribution in [3.8, 4) is 11.3 Å². The number of nitrogens with zero attached hydrogens (tertiary/aromatic N) is 6. The van der Waals surface area contributed by atoms with Crippen molar-refractivity contribution in [3.63, 3.8) is 0 Å². The van der Waals surface area contributed by atoms with Gasteiger partial charge in [-0.3, -0.25) is 14.0 Å². The van der Waals surface area contributed by atoms with Crippen molar-refractivity contribution in [1.29, 1.82) is 0 Å². The molecule has 0 radical (unpaired) electrons. The third-order valence-corrected chi connectivity index (χ3v) is 7.82. The third kappa shape index (κ3) is 5.52. The molecule has 5 rings (SSSR count). The van der Waals surface area contributed by atoms with Crippen molar-refractivity contribution in [2.24, 2.45) is 0 Å². The average Bonchev–Trinajstić information content (AvgIpc) is 3.58. The average molecular weight is 526 g/mol. The molecule has 11 nitrogen and oxygen atoms in total. The minimum atomic E-state index is -3.32. The Morgan fingerprint density at radius 2 is 1.92 bits per heavy atom. The number of likely N-dealkylation sites (tertiary alicyclic amines) is 1. The number of fused-ring (bicyclic) bond motifs is 1. The van der Waals surface area contributed by atoms with Gasteiger partial charge in [-0.15, -0.1) is 0 Å². The van der Waals surface area contributed by atoms with Crippen LogP contribution in [0.2, 0.25) is 0 Å². The summed E-state index contributed by atoms with van der Waals surface area (Å²) < 4.78 is 38.6. The van der Waals surface area contributed by atoms with E-state index in [1.807, 2.05) is 27.5 Å². The van der Waals surface area contributed by atoms with Crippen molar-refractivity contribution >= 4 is 27.0 Å². The second kappa shape index (κ2) is 10.6. The molecular weight excluding hydrogens is 494 g/mol. The van der Waals surface area contributed by atoms with Crippen LogP contribution in [0.5, 0.6) is 0 Å². The highest BCUT2D eigenvalue weighted by Crippen LogP contribution is 2.28. The fourth-order valence-corrected chi connectivity index (χ4v) is 5.33. The van der Waals surface area contributed by atoms with Crippen LogP contribution in [0, 0.1) is 0 Å². The second-order valence-electron chi connectivity index (χ2n) is 9.18. The molecule has 0 saturated carbocycles. The lowest BCUT2D eigenvalue weighted by atomic mass is 10.1. The van der Waals surface area contributed by atoms with Crippen molar-refractivity contribution in [3.05, 3.63) is 55.2 Å². The number of aromatic nitrogens is 5. The fourth-order valence-electron chi connectivity index (χ4n) is 4.67. The van der Waals surface area contributed by atoms with Gasteiger partial charge in [0.05, 0.1) is 34.7 Å². The zero-order valence-electron chi connectivity index (χ0n) is 21.1. The van der Waals surface area contributed by atoms with E-state index in [4.69, 9.17) is 9.47 Å². The lowest BCUT2D eigenvalue weighted by molar-refractivity contribution is -0.118. The maximum atomic E-state index is 12.0. The molecule has 0 bridgehead atoms. The third-order valence-electron chi connectivity index (χ3n) is 6.71. The number of rotatable bonds is 9. The number of ether oxygens (including phenoxy) is 2. The summed E-state index contributed by atoms with van der Waals surface area (Å²) in [4.78, 5) is 11.7. The van der Waals surface area contributed by atoms with Gasteiger partial charge in [0.25, 0.3) is 0 Å². The largest absolute Gasteiger partial charge is 0.355 e. The molecule has 37 heavy (non-hydrogen) atoms. The van der Waals surface area contributed by atoms with Gasteiger partial charge in [-0.25, -0.2) is 18.4 Å². The van der Waals surface area contributed by atoms with Gasteiger partial charge in [-0.05, 0) is 25.0 Å². The standard InChI is InChI=1S/C25H31N7O4S/c1-35-23(36-2)17-30-10-7-20(8-11-30)32-16-19(14-28-32)29-24-25-26-9-12-31(25)22(15-27-24)18-5-4-6-21(13-18)37(3,33)34/h4-6,9,12-16,20,23H,7-8,10-11,17H2,1-3H3,(H,27,29). The molecule has 0 spiro atoms. The maximum Gasteiger partial charge on any atom is 0.180 e. The molecule has 0 unspecified atom stereocenters. The molecular formula is C25H31N7O4S. The SMILES string of the molecule is COC(CN1CCC(n2cc(Nc3ncc(-c4cccc(S(C)(=O)=O)c4)n4ccnc34)cn2)CC1)OC. The summed E-state index contributed by atoms with van der Waals surface area (Å²) in [5.74, 6) is 0.590. The molecule has 4 heterocycles. The summed E-state index contributed by atoms with van der Waals surface area (Å²) in [6, 6.07) is 7.15. The smallest absolute Gasteiger partial charge is 0.180 e. The number of imidazole rings is 1. The van der Waals surface area contributed by atoms with Crippen LogP contribution in [-0.4, -0.2) is 83.9 Å². The minimum absolute atomic E-state index is 0.209. The van der Waals surface area contributed by atoms with Crippen LogP contribution < -0.4 is 5.32 Å². The molecule has 196 valence electrons. The van der Waals surface area contributed by atoms with Crippen LogP contribution in [0.25, 0.3) is 16.9 Å². The topological polar surface area (TPSA) is 116 Å². The number of hydrogen-bond donors (Lipinski definition) is 1. The van der Waals surface area contributed by atoms with Crippen molar-refractivity contribution in [2.75, 3.05) is 45.4 Å². The molecule has 1 aliphatic heterocycles. The summed E-state index contributed by atoms with van der Waals surface area (Å²) in [7, 11) is 0.00288. The molecule has 0 aliphatic carbocycles. The van der Waals surface area contributed by atoms with Crippen molar-refractivity contribution < 1.29 is 17.9 Å². The lowest BCUT2D eigenvalue weighted by Gasteiger charge is -2.33. The highest BCUT2D eigenvalue weighted by molar-refractivity contribution is 7.90. The molecule has 3 aromatic heterocycles. The summed E-state index contributed by atoms with van der Waals surface area (Å²) in [5, 5.41) is 7.93. The summed E-state index contributed by atoms with van der Waals surface area (Å²) in [5.41, 5.74) is 2.95. The highest BCUT2D eigenvalue weighted by Gasteiger charge is 2.23. The van der Waals surface area contributed by atoms with Gasteiger partial charge in [0.15, 0.2) is 27.6 Å². The fraction of sp³-hybridized carbons (Fsp3) is 0.400. The van der Waals surface area contributed by atoms with Crippen LogP contribution in [0.4, 0.5) is 11.5 Å². The van der Waals surface area contributed by atoms with Crippen LogP contribution in [0.3, 0.4) is 0 Å². The second-order valence-corrected chi connectivity index (χ2v) is 11.2. The van der Waals surface area contributed by atoms with E-state index in [0.717, 1.165) is 49.4 Å². The minimum Gasteiger partial charge on any atom is -0.355 e. The molecule has 0 atom stereocenters. The number of sulfone groups is 1. The van der Waals surface area contributed by atoms with Gasteiger partial charge in [0.2, 0.25) is 0 Å². The maximum absolute atomic E-state index is 12.0. The predicted octanol–water partition coefficient (Wildman–Crippen LogP) is 3.00. The van der Waals surface area contributed by atoms with Gasteiger partial charge >= 0.3 is 0 Å². The lowest BCUT2D eigenvalue weighted by Crippen LogP contribution is -2.40. The zero-order chi connectivity index (χ0) is 26.0. The molecule has 12 heteroatoms. The summed E-state index contributed by atoms with van der Waals surface area (Å²) in [6.07, 6.45) is 12.0. The molecule has 1 aliphatic rings.